The molecule has 0 saturated heterocycles. The Morgan fingerprint density at radius 2 is 1.62 bits per heavy atom. The minimum absolute atomic E-state index is 0.0393. The number of aliphatic hydroxyl groups excluding tert-OH is 1. The third-order valence-electron chi connectivity index (χ3n) is 7.31. The fourth-order valence-corrected chi connectivity index (χ4v) is 5.53. The largest absolute Gasteiger partial charge is 0.496 e. The van der Waals surface area contributed by atoms with E-state index in [0.29, 0.717) is 35.9 Å². The molecular weight excluding hydrogens is 474 g/mol. The summed E-state index contributed by atoms with van der Waals surface area (Å²) in [5, 5.41) is 30.5. The van der Waals surface area contributed by atoms with E-state index in [1.807, 2.05) is 31.2 Å². The summed E-state index contributed by atoms with van der Waals surface area (Å²) in [7, 11) is 3.14. The standard InChI is InChI=1S/C29H33NO7/c1-17-25(36-2)11-21(12-26(17)37-3)28(33)23(10-18-8-19-6-4-5-7-20(19)9-18)15-30-14-22(13-27(31)32)24(16-30)29(34)35/h4-7,11-12,14,16,18,23,28,33H,8-10,13,15H2,1-3H3,(H,31,32)(H,34,35)/t23-,28-/m1/s1. The average molecular weight is 508 g/mol. The van der Waals surface area contributed by atoms with E-state index in [0.717, 1.165) is 18.4 Å². The second-order valence-electron chi connectivity index (χ2n) is 9.80. The monoisotopic (exact) mass is 507 g/mol. The van der Waals surface area contributed by atoms with Gasteiger partial charge in [0.15, 0.2) is 0 Å². The number of aliphatic carboxylic acids is 1. The van der Waals surface area contributed by atoms with Crippen LogP contribution in [0, 0.1) is 18.8 Å². The fraction of sp³-hybridized carbons (Fsp3) is 0.379. The van der Waals surface area contributed by atoms with Gasteiger partial charge in [-0.1, -0.05) is 24.3 Å². The van der Waals surface area contributed by atoms with Crippen molar-refractivity contribution >= 4 is 11.9 Å². The molecule has 8 nitrogen and oxygen atoms in total. The minimum atomic E-state index is -1.17. The van der Waals surface area contributed by atoms with Gasteiger partial charge in [-0.3, -0.25) is 4.79 Å². The number of benzene rings is 2. The summed E-state index contributed by atoms with van der Waals surface area (Å²) < 4.78 is 12.7. The SMILES string of the molecule is COc1cc([C@@H](O)[C@H](CC2Cc3ccccc3C2)Cn2cc(CC(=O)O)c(C(=O)O)c2)cc(OC)c1C. The molecule has 3 aromatic rings. The Hall–Kier alpha value is -3.78. The Kier molecular flexibility index (Phi) is 7.88. The summed E-state index contributed by atoms with van der Waals surface area (Å²) in [4.78, 5) is 23.0. The van der Waals surface area contributed by atoms with Crippen molar-refractivity contribution in [3.63, 3.8) is 0 Å². The smallest absolute Gasteiger partial charge is 0.337 e. The number of aromatic nitrogens is 1. The Labute approximate surface area is 216 Å². The van der Waals surface area contributed by atoms with Crippen LogP contribution in [0.2, 0.25) is 0 Å². The number of carbonyl (C=O) groups is 2. The van der Waals surface area contributed by atoms with E-state index in [1.54, 1.807) is 25.0 Å². The van der Waals surface area contributed by atoms with Gasteiger partial charge >= 0.3 is 11.9 Å². The van der Waals surface area contributed by atoms with Crippen LogP contribution in [0.4, 0.5) is 0 Å². The van der Waals surface area contributed by atoms with Gasteiger partial charge in [0.25, 0.3) is 0 Å². The van der Waals surface area contributed by atoms with Crippen LogP contribution in [0.25, 0.3) is 0 Å². The maximum Gasteiger partial charge on any atom is 0.337 e. The Bertz CT molecular complexity index is 1250. The van der Waals surface area contributed by atoms with Gasteiger partial charge in [0.2, 0.25) is 0 Å². The molecule has 0 bridgehead atoms. The highest BCUT2D eigenvalue weighted by molar-refractivity contribution is 5.90. The number of rotatable bonds is 11. The first-order valence-corrected chi connectivity index (χ1v) is 12.3. The predicted octanol–water partition coefficient (Wildman–Crippen LogP) is 4.29. The molecule has 1 heterocycles. The lowest BCUT2D eigenvalue weighted by molar-refractivity contribution is -0.136. The van der Waals surface area contributed by atoms with Gasteiger partial charge in [-0.05, 0) is 66.5 Å². The summed E-state index contributed by atoms with van der Waals surface area (Å²) in [6.45, 7) is 2.21. The number of hydrogen-bond donors (Lipinski definition) is 3. The number of methoxy groups -OCH3 is 2. The van der Waals surface area contributed by atoms with Gasteiger partial charge in [-0.25, -0.2) is 4.79 Å². The van der Waals surface area contributed by atoms with E-state index in [9.17, 15) is 24.9 Å². The molecule has 0 radical (unpaired) electrons. The molecule has 2 atom stereocenters. The van der Waals surface area contributed by atoms with Crippen molar-refractivity contribution in [1.29, 1.82) is 0 Å². The number of aromatic carboxylic acids is 1. The molecule has 8 heteroatoms. The number of nitrogens with zero attached hydrogens (tertiary/aromatic N) is 1. The number of fused-ring (bicyclic) bond motifs is 1. The van der Waals surface area contributed by atoms with Crippen molar-refractivity contribution < 1.29 is 34.4 Å². The van der Waals surface area contributed by atoms with Gasteiger partial charge < -0.3 is 29.4 Å². The number of carboxylic acid groups (broad SMARTS) is 2. The van der Waals surface area contributed by atoms with Crippen molar-refractivity contribution in [2.45, 2.75) is 45.3 Å². The van der Waals surface area contributed by atoms with Gasteiger partial charge in [0.05, 0.1) is 32.3 Å². The van der Waals surface area contributed by atoms with Crippen molar-refractivity contribution in [2.75, 3.05) is 14.2 Å². The Balaban J connectivity index is 1.67. The Morgan fingerprint density at radius 1 is 1.03 bits per heavy atom. The van der Waals surface area contributed by atoms with E-state index >= 15 is 0 Å². The molecule has 0 fully saturated rings. The second-order valence-corrected chi connectivity index (χ2v) is 9.80. The van der Waals surface area contributed by atoms with Crippen LogP contribution < -0.4 is 9.47 Å². The van der Waals surface area contributed by atoms with Gasteiger partial charge in [0, 0.05) is 30.4 Å². The third-order valence-corrected chi connectivity index (χ3v) is 7.31. The van der Waals surface area contributed by atoms with Gasteiger partial charge in [-0.2, -0.15) is 0 Å². The van der Waals surface area contributed by atoms with Crippen LogP contribution in [-0.4, -0.2) is 46.0 Å². The van der Waals surface area contributed by atoms with E-state index < -0.39 is 18.0 Å². The third kappa shape index (κ3) is 5.80. The van der Waals surface area contributed by atoms with Gasteiger partial charge in [0.1, 0.15) is 11.5 Å². The molecule has 0 spiro atoms. The summed E-state index contributed by atoms with van der Waals surface area (Å²) in [5.41, 5.74) is 4.31. The van der Waals surface area contributed by atoms with Crippen LogP contribution in [0.3, 0.4) is 0 Å². The molecule has 37 heavy (non-hydrogen) atoms. The minimum Gasteiger partial charge on any atom is -0.496 e. The lowest BCUT2D eigenvalue weighted by atomic mass is 9.85. The van der Waals surface area contributed by atoms with Crippen LogP contribution in [0.1, 0.15) is 50.7 Å². The molecule has 0 amide bonds. The number of carboxylic acids is 2. The molecule has 2 aromatic carbocycles. The fourth-order valence-electron chi connectivity index (χ4n) is 5.53. The molecule has 1 aliphatic carbocycles. The molecular formula is C29H33NO7. The lowest BCUT2D eigenvalue weighted by Crippen LogP contribution is -2.22. The number of hydrogen-bond acceptors (Lipinski definition) is 5. The van der Waals surface area contributed by atoms with Crippen LogP contribution >= 0.6 is 0 Å². The summed E-state index contributed by atoms with van der Waals surface area (Å²) >= 11 is 0. The molecule has 4 rings (SSSR count). The summed E-state index contributed by atoms with van der Waals surface area (Å²) in [5.74, 6) is -1.01. The maximum absolute atomic E-state index is 11.8. The lowest BCUT2D eigenvalue weighted by Gasteiger charge is -2.27. The number of aliphatic hydroxyl groups is 1. The first kappa shape index (κ1) is 26.3. The molecule has 1 aromatic heterocycles. The molecule has 196 valence electrons. The van der Waals surface area contributed by atoms with Crippen molar-refractivity contribution in [2.24, 2.45) is 11.8 Å². The normalized spacial score (nSPS) is 14.7. The molecule has 0 aliphatic heterocycles. The van der Waals surface area contributed by atoms with Crippen LogP contribution in [0.15, 0.2) is 48.8 Å². The zero-order chi connectivity index (χ0) is 26.7. The van der Waals surface area contributed by atoms with Gasteiger partial charge in [-0.15, -0.1) is 0 Å². The highest BCUT2D eigenvalue weighted by atomic mass is 16.5. The number of ether oxygens (including phenoxy) is 2. The van der Waals surface area contributed by atoms with E-state index in [1.165, 1.54) is 17.3 Å². The van der Waals surface area contributed by atoms with E-state index in [4.69, 9.17) is 9.47 Å². The van der Waals surface area contributed by atoms with E-state index in [2.05, 4.69) is 12.1 Å². The Morgan fingerprint density at radius 3 is 2.14 bits per heavy atom. The zero-order valence-corrected chi connectivity index (χ0v) is 21.3. The second kappa shape index (κ2) is 11.1. The van der Waals surface area contributed by atoms with Crippen LogP contribution in [-0.2, 0) is 30.6 Å². The highest BCUT2D eigenvalue weighted by Crippen LogP contribution is 2.39. The van der Waals surface area contributed by atoms with Crippen LogP contribution in [0.5, 0.6) is 11.5 Å². The zero-order valence-electron chi connectivity index (χ0n) is 21.3. The molecule has 1 aliphatic rings. The van der Waals surface area contributed by atoms with E-state index in [-0.39, 0.29) is 23.5 Å². The van der Waals surface area contributed by atoms with Crippen molar-refractivity contribution in [1.82, 2.24) is 4.57 Å². The topological polar surface area (TPSA) is 118 Å². The van der Waals surface area contributed by atoms with Crippen molar-refractivity contribution in [3.8, 4) is 11.5 Å². The molecule has 0 saturated carbocycles. The quantitative estimate of drug-likeness (QED) is 0.354. The summed E-state index contributed by atoms with van der Waals surface area (Å²) in [6.07, 6.45) is 4.28. The molecule has 3 N–H and O–H groups in total. The van der Waals surface area contributed by atoms with Crippen molar-refractivity contribution in [3.05, 3.63) is 82.2 Å². The summed E-state index contributed by atoms with van der Waals surface area (Å²) in [6, 6.07) is 12.0. The highest BCUT2D eigenvalue weighted by Gasteiger charge is 2.30. The molecule has 0 unspecified atom stereocenters. The average Bonchev–Trinajstić information content (AvgIpc) is 3.46. The first-order valence-electron chi connectivity index (χ1n) is 12.3. The predicted molar refractivity (Wildman–Crippen MR) is 137 cm³/mol. The maximum atomic E-state index is 11.8. The first-order chi connectivity index (χ1) is 17.7.